The predicted octanol–water partition coefficient (Wildman–Crippen LogP) is 4.45. The Balaban J connectivity index is 1.32. The first-order valence-electron chi connectivity index (χ1n) is 9.68. The molecule has 0 aliphatic heterocycles. The van der Waals surface area contributed by atoms with E-state index in [0.29, 0.717) is 22.7 Å². The first-order valence-corrected chi connectivity index (χ1v) is 9.68. The summed E-state index contributed by atoms with van der Waals surface area (Å²) < 4.78 is 5.64. The van der Waals surface area contributed by atoms with Crippen LogP contribution in [0.2, 0.25) is 0 Å². The monoisotopic (exact) mass is 386 g/mol. The van der Waals surface area contributed by atoms with Crippen LogP contribution in [0.1, 0.15) is 27.9 Å². The molecule has 2 N–H and O–H groups in total. The summed E-state index contributed by atoms with van der Waals surface area (Å²) in [5.41, 5.74) is 4.46. The minimum atomic E-state index is -0.253. The van der Waals surface area contributed by atoms with Gasteiger partial charge in [-0.1, -0.05) is 30.3 Å². The van der Waals surface area contributed by atoms with Crippen LogP contribution >= 0.6 is 0 Å². The first-order chi connectivity index (χ1) is 14.2. The van der Waals surface area contributed by atoms with E-state index in [1.165, 1.54) is 17.5 Å². The van der Waals surface area contributed by atoms with Gasteiger partial charge in [0.1, 0.15) is 5.75 Å². The number of nitrogens with one attached hydrogen (secondary N) is 2. The number of carbonyl (C=O) groups excluding carboxylic acids is 2. The number of amides is 2. The lowest BCUT2D eigenvalue weighted by Gasteiger charge is -2.10. The molecule has 2 amide bonds. The fraction of sp³-hybridized carbons (Fsp3) is 0.167. The summed E-state index contributed by atoms with van der Waals surface area (Å²) in [6.45, 7) is -0.0701. The molecular formula is C24H22N2O3. The summed E-state index contributed by atoms with van der Waals surface area (Å²) in [5.74, 6) is 0.260. The summed E-state index contributed by atoms with van der Waals surface area (Å²) in [7, 11) is 0. The molecule has 5 nitrogen and oxygen atoms in total. The molecule has 0 saturated carbocycles. The molecule has 1 aliphatic rings. The number of rotatable bonds is 6. The van der Waals surface area contributed by atoms with Gasteiger partial charge in [-0.25, -0.2) is 0 Å². The van der Waals surface area contributed by atoms with E-state index >= 15 is 0 Å². The second-order valence-corrected chi connectivity index (χ2v) is 7.02. The largest absolute Gasteiger partial charge is 0.484 e. The Morgan fingerprint density at radius 2 is 1.55 bits per heavy atom. The van der Waals surface area contributed by atoms with Gasteiger partial charge in [0.05, 0.1) is 0 Å². The molecule has 5 heteroatoms. The van der Waals surface area contributed by atoms with Gasteiger partial charge in [-0.3, -0.25) is 9.59 Å². The van der Waals surface area contributed by atoms with Crippen molar-refractivity contribution in [2.45, 2.75) is 19.3 Å². The molecule has 0 aromatic heterocycles. The predicted molar refractivity (Wildman–Crippen MR) is 113 cm³/mol. The first kappa shape index (κ1) is 18.7. The molecule has 29 heavy (non-hydrogen) atoms. The molecule has 0 radical (unpaired) electrons. The highest BCUT2D eigenvalue weighted by Crippen LogP contribution is 2.26. The smallest absolute Gasteiger partial charge is 0.262 e. The number of carbonyl (C=O) groups is 2. The van der Waals surface area contributed by atoms with E-state index < -0.39 is 0 Å². The molecule has 0 unspecified atom stereocenters. The van der Waals surface area contributed by atoms with Crippen molar-refractivity contribution < 1.29 is 14.3 Å². The van der Waals surface area contributed by atoms with Crippen molar-refractivity contribution in [1.82, 2.24) is 0 Å². The Bertz CT molecular complexity index is 1030. The van der Waals surface area contributed by atoms with Gasteiger partial charge in [0.2, 0.25) is 0 Å². The Labute approximate surface area is 169 Å². The number of hydrogen-bond acceptors (Lipinski definition) is 3. The second-order valence-electron chi connectivity index (χ2n) is 7.02. The quantitative estimate of drug-likeness (QED) is 0.658. The van der Waals surface area contributed by atoms with Crippen molar-refractivity contribution in [2.75, 3.05) is 17.2 Å². The van der Waals surface area contributed by atoms with Gasteiger partial charge in [-0.15, -0.1) is 0 Å². The summed E-state index contributed by atoms with van der Waals surface area (Å²) in [6.07, 6.45) is 3.36. The summed E-state index contributed by atoms with van der Waals surface area (Å²) in [5, 5.41) is 5.63. The molecule has 4 rings (SSSR count). The number of ether oxygens (including phenoxy) is 1. The maximum absolute atomic E-state index is 12.3. The lowest BCUT2D eigenvalue weighted by atomic mass is 10.1. The minimum absolute atomic E-state index is 0.0701. The molecule has 3 aromatic carbocycles. The Kier molecular flexibility index (Phi) is 5.56. The van der Waals surface area contributed by atoms with Crippen LogP contribution in [-0.4, -0.2) is 18.4 Å². The van der Waals surface area contributed by atoms with Gasteiger partial charge in [-0.2, -0.15) is 0 Å². The summed E-state index contributed by atoms with van der Waals surface area (Å²) in [4.78, 5) is 24.5. The molecule has 146 valence electrons. The van der Waals surface area contributed by atoms with Gasteiger partial charge in [0.25, 0.3) is 11.8 Å². The van der Waals surface area contributed by atoms with Gasteiger partial charge >= 0.3 is 0 Å². The van der Waals surface area contributed by atoms with Gasteiger partial charge in [0.15, 0.2) is 6.61 Å². The molecule has 0 heterocycles. The molecule has 1 aliphatic carbocycles. The van der Waals surface area contributed by atoms with E-state index in [9.17, 15) is 9.59 Å². The lowest BCUT2D eigenvalue weighted by Crippen LogP contribution is -2.20. The van der Waals surface area contributed by atoms with Crippen LogP contribution in [0.15, 0.2) is 72.8 Å². The van der Waals surface area contributed by atoms with Crippen molar-refractivity contribution in [3.8, 4) is 5.75 Å². The highest BCUT2D eigenvalue weighted by molar-refractivity contribution is 6.04. The molecular weight excluding hydrogens is 364 g/mol. The molecule has 0 spiro atoms. The van der Waals surface area contributed by atoms with E-state index in [2.05, 4.69) is 16.7 Å². The highest BCUT2D eigenvalue weighted by atomic mass is 16.5. The van der Waals surface area contributed by atoms with E-state index in [0.717, 1.165) is 12.8 Å². The highest BCUT2D eigenvalue weighted by Gasteiger charge is 2.12. The average Bonchev–Trinajstić information content (AvgIpc) is 3.21. The number of hydrogen-bond donors (Lipinski definition) is 2. The van der Waals surface area contributed by atoms with Crippen LogP contribution in [-0.2, 0) is 17.6 Å². The normalized spacial score (nSPS) is 12.1. The third-order valence-electron chi connectivity index (χ3n) is 4.88. The molecule has 0 fully saturated rings. The van der Waals surface area contributed by atoms with E-state index in [-0.39, 0.29) is 18.4 Å². The van der Waals surface area contributed by atoms with Gasteiger partial charge in [0, 0.05) is 16.9 Å². The molecule has 3 aromatic rings. The third kappa shape index (κ3) is 4.82. The fourth-order valence-electron chi connectivity index (χ4n) is 3.45. The van der Waals surface area contributed by atoms with Crippen LogP contribution in [0.4, 0.5) is 11.4 Å². The standard InChI is InChI=1S/C24H22N2O3/c27-23(16-29-22-13-12-17-8-4-9-19(17)14-22)25-20-10-5-11-21(15-20)26-24(28)18-6-2-1-3-7-18/h1-3,5-7,10-15H,4,8-9,16H2,(H,25,27)(H,26,28). The van der Waals surface area contributed by atoms with Crippen molar-refractivity contribution in [2.24, 2.45) is 0 Å². The molecule has 0 atom stereocenters. The topological polar surface area (TPSA) is 67.4 Å². The summed E-state index contributed by atoms with van der Waals surface area (Å²) in [6, 6.07) is 22.0. The zero-order valence-electron chi connectivity index (χ0n) is 16.0. The zero-order chi connectivity index (χ0) is 20.1. The van der Waals surface area contributed by atoms with Gasteiger partial charge in [-0.05, 0) is 72.9 Å². The van der Waals surface area contributed by atoms with Crippen LogP contribution in [0.5, 0.6) is 5.75 Å². The second kappa shape index (κ2) is 8.61. The molecule has 0 saturated heterocycles. The SMILES string of the molecule is O=C(COc1ccc2c(c1)CCC2)Nc1cccc(NC(=O)c2ccccc2)c1. The number of anilines is 2. The van der Waals surface area contributed by atoms with E-state index in [1.807, 2.05) is 30.3 Å². The minimum Gasteiger partial charge on any atom is -0.484 e. The lowest BCUT2D eigenvalue weighted by molar-refractivity contribution is -0.118. The van der Waals surface area contributed by atoms with Crippen molar-refractivity contribution in [3.05, 3.63) is 89.5 Å². The van der Waals surface area contributed by atoms with Crippen molar-refractivity contribution in [1.29, 1.82) is 0 Å². The third-order valence-corrected chi connectivity index (χ3v) is 4.88. The number of benzene rings is 3. The Morgan fingerprint density at radius 1 is 0.793 bits per heavy atom. The Morgan fingerprint density at radius 3 is 2.38 bits per heavy atom. The van der Waals surface area contributed by atoms with Gasteiger partial charge < -0.3 is 15.4 Å². The zero-order valence-corrected chi connectivity index (χ0v) is 16.0. The Hall–Kier alpha value is -3.60. The van der Waals surface area contributed by atoms with Crippen molar-refractivity contribution in [3.63, 3.8) is 0 Å². The number of fused-ring (bicyclic) bond motifs is 1. The maximum Gasteiger partial charge on any atom is 0.262 e. The van der Waals surface area contributed by atoms with Crippen LogP contribution < -0.4 is 15.4 Å². The van der Waals surface area contributed by atoms with Crippen LogP contribution in [0, 0.1) is 0 Å². The van der Waals surface area contributed by atoms with Crippen LogP contribution in [0.25, 0.3) is 0 Å². The number of aryl methyl sites for hydroxylation is 2. The maximum atomic E-state index is 12.3. The average molecular weight is 386 g/mol. The molecule has 0 bridgehead atoms. The fourth-order valence-corrected chi connectivity index (χ4v) is 3.45. The van der Waals surface area contributed by atoms with E-state index in [1.54, 1.807) is 36.4 Å². The van der Waals surface area contributed by atoms with E-state index in [4.69, 9.17) is 4.74 Å². The van der Waals surface area contributed by atoms with Crippen molar-refractivity contribution >= 4 is 23.2 Å². The summed E-state index contributed by atoms with van der Waals surface area (Å²) >= 11 is 0. The van der Waals surface area contributed by atoms with Crippen LogP contribution in [0.3, 0.4) is 0 Å².